The number of halogens is 1. The van der Waals surface area contributed by atoms with Gasteiger partial charge >= 0.3 is 0 Å². The summed E-state index contributed by atoms with van der Waals surface area (Å²) >= 11 is 0. The lowest BCUT2D eigenvalue weighted by Crippen LogP contribution is -2.50. The van der Waals surface area contributed by atoms with Gasteiger partial charge in [-0.25, -0.2) is 4.39 Å². The molecule has 2 aliphatic heterocycles. The highest BCUT2D eigenvalue weighted by molar-refractivity contribution is 7.90. The van der Waals surface area contributed by atoms with E-state index in [2.05, 4.69) is 9.71 Å². The highest BCUT2D eigenvalue weighted by atomic mass is 32.2. The van der Waals surface area contributed by atoms with E-state index in [-0.39, 0.29) is 10.8 Å². The molecule has 0 spiro atoms. The molecule has 0 unspecified atom stereocenters. The zero-order valence-electron chi connectivity index (χ0n) is 15.9. The number of carbonyl (C=O) groups excluding carboxylic acids is 1. The van der Waals surface area contributed by atoms with Gasteiger partial charge in [0.05, 0.1) is 12.2 Å². The van der Waals surface area contributed by atoms with E-state index < -0.39 is 15.8 Å². The van der Waals surface area contributed by atoms with Crippen LogP contribution in [-0.2, 0) is 10.0 Å². The van der Waals surface area contributed by atoms with Crippen LogP contribution in [0.1, 0.15) is 15.9 Å². The summed E-state index contributed by atoms with van der Waals surface area (Å²) in [7, 11) is -3.71. The van der Waals surface area contributed by atoms with Crippen molar-refractivity contribution in [1.82, 2.24) is 9.80 Å². The minimum Gasteiger partial charge on any atom is -0.341 e. The topological polar surface area (TPSA) is 82.1 Å². The summed E-state index contributed by atoms with van der Waals surface area (Å²) in [5.41, 5.74) is 1.36. The van der Waals surface area contributed by atoms with Crippen LogP contribution in [0.4, 0.5) is 10.1 Å². The highest BCUT2D eigenvalue weighted by Crippen LogP contribution is 2.26. The number of rotatable bonds is 3. The molecule has 1 fully saturated rings. The molecule has 29 heavy (non-hydrogen) atoms. The lowest BCUT2D eigenvalue weighted by molar-refractivity contribution is 0.0654. The zero-order chi connectivity index (χ0) is 20.6. The van der Waals surface area contributed by atoms with Crippen molar-refractivity contribution in [2.24, 2.45) is 4.40 Å². The van der Waals surface area contributed by atoms with Crippen LogP contribution in [0.15, 0.2) is 51.8 Å². The summed E-state index contributed by atoms with van der Waals surface area (Å²) in [5, 5.41) is 3.08. The van der Waals surface area contributed by atoms with Crippen LogP contribution in [0.25, 0.3) is 0 Å². The van der Waals surface area contributed by atoms with Gasteiger partial charge in [0.2, 0.25) is 0 Å². The van der Waals surface area contributed by atoms with Crippen LogP contribution >= 0.6 is 0 Å². The molecule has 7 nitrogen and oxygen atoms in total. The minimum absolute atomic E-state index is 0.171. The number of fused-ring (bicyclic) bond motifs is 1. The van der Waals surface area contributed by atoms with Gasteiger partial charge in [0, 0.05) is 31.7 Å². The predicted molar refractivity (Wildman–Crippen MR) is 108 cm³/mol. The van der Waals surface area contributed by atoms with E-state index in [1.807, 2.05) is 4.90 Å². The highest BCUT2D eigenvalue weighted by Gasteiger charge is 2.27. The van der Waals surface area contributed by atoms with Crippen LogP contribution in [0.3, 0.4) is 0 Å². The first-order valence-corrected chi connectivity index (χ1v) is 10.8. The Labute approximate surface area is 168 Å². The molecular weight excluding hydrogens is 395 g/mol. The molecular formula is C20H21FN4O3S. The van der Waals surface area contributed by atoms with Crippen LogP contribution in [0.2, 0.25) is 0 Å². The summed E-state index contributed by atoms with van der Waals surface area (Å²) in [6, 6.07) is 11.2. The van der Waals surface area contributed by atoms with Crippen molar-refractivity contribution in [2.75, 3.05) is 38.0 Å². The second-order valence-corrected chi connectivity index (χ2v) is 8.74. The number of amidine groups is 1. The first-order chi connectivity index (χ1) is 13.8. The SMILES string of the molecule is Cc1ccc(C(=O)N2CCN(CC3=NS(=O)(=O)c4ccccc4N3)CC2)cc1F. The number of piperazine rings is 1. The Balaban J connectivity index is 1.39. The average Bonchev–Trinajstić information content (AvgIpc) is 2.70. The molecule has 0 radical (unpaired) electrons. The predicted octanol–water partition coefficient (Wildman–Crippen LogP) is 2.10. The van der Waals surface area contributed by atoms with Crippen molar-refractivity contribution < 1.29 is 17.6 Å². The van der Waals surface area contributed by atoms with Crippen molar-refractivity contribution in [3.63, 3.8) is 0 Å². The number of nitrogens with one attached hydrogen (secondary N) is 1. The van der Waals surface area contributed by atoms with Crippen molar-refractivity contribution in [3.05, 3.63) is 59.4 Å². The second-order valence-electron chi connectivity index (χ2n) is 7.17. The Morgan fingerprint density at radius 2 is 1.86 bits per heavy atom. The quantitative estimate of drug-likeness (QED) is 0.829. The lowest BCUT2D eigenvalue weighted by Gasteiger charge is -2.35. The molecule has 152 valence electrons. The smallest absolute Gasteiger partial charge is 0.286 e. The van der Waals surface area contributed by atoms with Gasteiger partial charge in [0.15, 0.2) is 0 Å². The van der Waals surface area contributed by atoms with Gasteiger partial charge in [-0.2, -0.15) is 8.42 Å². The normalized spacial score (nSPS) is 18.6. The van der Waals surface area contributed by atoms with Crippen molar-refractivity contribution in [3.8, 4) is 0 Å². The largest absolute Gasteiger partial charge is 0.341 e. The molecule has 4 rings (SSSR count). The number of para-hydroxylation sites is 1. The maximum atomic E-state index is 13.7. The fraction of sp³-hybridized carbons (Fsp3) is 0.300. The average molecular weight is 416 g/mol. The molecule has 0 saturated carbocycles. The zero-order valence-corrected chi connectivity index (χ0v) is 16.7. The number of aryl methyl sites for hydroxylation is 1. The van der Waals surface area contributed by atoms with E-state index in [0.29, 0.717) is 55.4 Å². The number of sulfonamides is 1. The minimum atomic E-state index is -3.71. The molecule has 2 heterocycles. The van der Waals surface area contributed by atoms with Gasteiger partial charge in [-0.1, -0.05) is 18.2 Å². The molecule has 0 aliphatic carbocycles. The van der Waals surface area contributed by atoms with Gasteiger partial charge in [-0.3, -0.25) is 9.69 Å². The molecule has 2 aromatic rings. The van der Waals surface area contributed by atoms with E-state index in [1.54, 1.807) is 42.2 Å². The summed E-state index contributed by atoms with van der Waals surface area (Å²) in [4.78, 5) is 16.5. The number of carbonyl (C=O) groups is 1. The van der Waals surface area contributed by atoms with Crippen LogP contribution in [-0.4, -0.2) is 62.7 Å². The Kier molecular flexibility index (Phi) is 5.10. The van der Waals surface area contributed by atoms with E-state index >= 15 is 0 Å². The maximum absolute atomic E-state index is 13.7. The summed E-state index contributed by atoms with van der Waals surface area (Å²) in [6.45, 7) is 4.10. The van der Waals surface area contributed by atoms with Crippen molar-refractivity contribution in [2.45, 2.75) is 11.8 Å². The molecule has 2 aliphatic rings. The molecule has 0 aromatic heterocycles. The molecule has 0 bridgehead atoms. The standard InChI is InChI=1S/C20H21FN4O3S/c1-14-6-7-15(12-16(14)21)20(26)25-10-8-24(9-11-25)13-19-22-17-4-2-3-5-18(17)29(27,28)23-19/h2-7,12H,8-11,13H2,1H3,(H,22,23). The lowest BCUT2D eigenvalue weighted by atomic mass is 10.1. The van der Waals surface area contributed by atoms with E-state index in [0.717, 1.165) is 0 Å². The third-order valence-electron chi connectivity index (χ3n) is 5.13. The summed E-state index contributed by atoms with van der Waals surface area (Å²) < 4.78 is 42.3. The fourth-order valence-electron chi connectivity index (χ4n) is 3.47. The van der Waals surface area contributed by atoms with Gasteiger partial charge in [-0.05, 0) is 36.8 Å². The van der Waals surface area contributed by atoms with E-state index in [9.17, 15) is 17.6 Å². The van der Waals surface area contributed by atoms with Crippen molar-refractivity contribution in [1.29, 1.82) is 0 Å². The number of amides is 1. The van der Waals surface area contributed by atoms with Crippen LogP contribution in [0.5, 0.6) is 0 Å². The molecule has 2 aromatic carbocycles. The van der Waals surface area contributed by atoms with Gasteiger partial charge < -0.3 is 10.2 Å². The van der Waals surface area contributed by atoms with Crippen LogP contribution in [0, 0.1) is 12.7 Å². The molecule has 1 amide bonds. The second kappa shape index (κ2) is 7.57. The Bertz CT molecular complexity index is 1090. The summed E-state index contributed by atoms with van der Waals surface area (Å²) in [6.07, 6.45) is 0. The molecule has 1 saturated heterocycles. The first kappa shape index (κ1) is 19.5. The Morgan fingerprint density at radius 1 is 1.14 bits per heavy atom. The number of benzene rings is 2. The molecule has 0 atom stereocenters. The van der Waals surface area contributed by atoms with Gasteiger partial charge in [-0.15, -0.1) is 4.40 Å². The number of hydrogen-bond donors (Lipinski definition) is 1. The number of anilines is 1. The monoisotopic (exact) mass is 416 g/mol. The fourth-order valence-corrected chi connectivity index (χ4v) is 4.60. The Hall–Kier alpha value is -2.78. The van der Waals surface area contributed by atoms with E-state index in [4.69, 9.17) is 0 Å². The van der Waals surface area contributed by atoms with Gasteiger partial charge in [0.1, 0.15) is 16.5 Å². The molecule has 9 heteroatoms. The number of hydrogen-bond acceptors (Lipinski definition) is 5. The van der Waals surface area contributed by atoms with Crippen molar-refractivity contribution >= 4 is 27.5 Å². The van der Waals surface area contributed by atoms with E-state index in [1.165, 1.54) is 12.1 Å². The first-order valence-electron chi connectivity index (χ1n) is 9.31. The third-order valence-corrected chi connectivity index (χ3v) is 6.50. The van der Waals surface area contributed by atoms with Crippen LogP contribution < -0.4 is 5.32 Å². The third kappa shape index (κ3) is 4.01. The maximum Gasteiger partial charge on any atom is 0.286 e. The Morgan fingerprint density at radius 3 is 2.59 bits per heavy atom. The molecule has 1 N–H and O–H groups in total. The van der Waals surface area contributed by atoms with Gasteiger partial charge in [0.25, 0.3) is 15.9 Å². The number of nitrogens with zero attached hydrogens (tertiary/aromatic N) is 3. The summed E-state index contributed by atoms with van der Waals surface area (Å²) in [5.74, 6) is -0.227.